The van der Waals surface area contributed by atoms with Gasteiger partial charge in [-0.15, -0.1) is 0 Å². The molecule has 0 spiro atoms. The molecule has 18 heavy (non-hydrogen) atoms. The molecule has 1 aromatic rings. The summed E-state index contributed by atoms with van der Waals surface area (Å²) in [5.41, 5.74) is 0. The van der Waals surface area contributed by atoms with E-state index in [0.29, 0.717) is 5.92 Å². The molecule has 0 radical (unpaired) electrons. The molecular weight excluding hydrogens is 236 g/mol. The van der Waals surface area contributed by atoms with Gasteiger partial charge >= 0.3 is 0 Å². The minimum absolute atomic E-state index is 0.0196. The number of rotatable bonds is 4. The lowest BCUT2D eigenvalue weighted by atomic mass is 9.86. The fourth-order valence-electron chi connectivity index (χ4n) is 2.56. The van der Waals surface area contributed by atoms with Gasteiger partial charge in [0.05, 0.1) is 0 Å². The Labute approximate surface area is 106 Å². The molecule has 0 saturated heterocycles. The van der Waals surface area contributed by atoms with Crippen LogP contribution in [0, 0.1) is 17.6 Å². The van der Waals surface area contributed by atoms with Gasteiger partial charge in [-0.3, -0.25) is 0 Å². The van der Waals surface area contributed by atoms with Gasteiger partial charge in [-0.2, -0.15) is 0 Å². The van der Waals surface area contributed by atoms with Gasteiger partial charge in [-0.1, -0.05) is 6.42 Å². The van der Waals surface area contributed by atoms with Crippen LogP contribution >= 0.6 is 0 Å². The third kappa shape index (κ3) is 3.19. The lowest BCUT2D eigenvalue weighted by Crippen LogP contribution is -2.36. The number of hydrogen-bond acceptors (Lipinski definition) is 2. The largest absolute Gasteiger partial charge is 0.487 e. The third-order valence-electron chi connectivity index (χ3n) is 3.48. The molecule has 4 heteroatoms. The summed E-state index contributed by atoms with van der Waals surface area (Å²) in [7, 11) is 1.91. The van der Waals surface area contributed by atoms with Crippen LogP contribution < -0.4 is 10.1 Å². The van der Waals surface area contributed by atoms with Crippen molar-refractivity contribution in [3.8, 4) is 5.75 Å². The predicted octanol–water partition coefficient (Wildman–Crippen LogP) is 3.12. The van der Waals surface area contributed by atoms with Crippen molar-refractivity contribution in [2.75, 3.05) is 13.6 Å². The van der Waals surface area contributed by atoms with E-state index in [1.54, 1.807) is 0 Å². The molecule has 1 fully saturated rings. The van der Waals surface area contributed by atoms with Crippen molar-refractivity contribution in [2.24, 2.45) is 5.92 Å². The molecule has 1 aromatic carbocycles. The van der Waals surface area contributed by atoms with E-state index in [-0.39, 0.29) is 11.9 Å². The van der Waals surface area contributed by atoms with Crippen LogP contribution in [0.1, 0.15) is 25.7 Å². The number of nitrogens with one attached hydrogen (secondary N) is 1. The monoisotopic (exact) mass is 255 g/mol. The molecule has 2 nitrogen and oxygen atoms in total. The highest BCUT2D eigenvalue weighted by atomic mass is 19.1. The number of hydrogen-bond donors (Lipinski definition) is 1. The first-order valence-electron chi connectivity index (χ1n) is 6.47. The van der Waals surface area contributed by atoms with E-state index in [9.17, 15) is 8.78 Å². The Morgan fingerprint density at radius 1 is 1.28 bits per heavy atom. The second-order valence-electron chi connectivity index (χ2n) is 4.83. The summed E-state index contributed by atoms with van der Waals surface area (Å²) in [5.74, 6) is -0.642. The topological polar surface area (TPSA) is 21.3 Å². The van der Waals surface area contributed by atoms with Crippen molar-refractivity contribution in [3.05, 3.63) is 29.8 Å². The summed E-state index contributed by atoms with van der Waals surface area (Å²) in [4.78, 5) is 0. The first kappa shape index (κ1) is 13.3. The second kappa shape index (κ2) is 6.14. The molecule has 1 aliphatic rings. The Kier molecular flexibility index (Phi) is 4.53. The minimum atomic E-state index is -0.621. The summed E-state index contributed by atoms with van der Waals surface area (Å²) in [6.07, 6.45) is 4.34. The van der Waals surface area contributed by atoms with Gasteiger partial charge in [0, 0.05) is 18.5 Å². The number of halogens is 2. The molecule has 2 rings (SSSR count). The van der Waals surface area contributed by atoms with E-state index in [4.69, 9.17) is 4.74 Å². The Balaban J connectivity index is 2.06. The zero-order valence-corrected chi connectivity index (χ0v) is 10.6. The van der Waals surface area contributed by atoms with Gasteiger partial charge in [-0.05, 0) is 38.4 Å². The van der Waals surface area contributed by atoms with E-state index in [1.165, 1.54) is 18.6 Å². The van der Waals surface area contributed by atoms with Crippen LogP contribution in [-0.2, 0) is 0 Å². The zero-order chi connectivity index (χ0) is 13.0. The number of ether oxygens (including phenoxy) is 1. The van der Waals surface area contributed by atoms with Crippen molar-refractivity contribution in [3.63, 3.8) is 0 Å². The maximum Gasteiger partial charge on any atom is 0.167 e. The first-order chi connectivity index (χ1) is 8.70. The van der Waals surface area contributed by atoms with E-state index in [2.05, 4.69) is 5.32 Å². The summed E-state index contributed by atoms with van der Waals surface area (Å²) in [6.45, 7) is 0.869. The fraction of sp³-hybridized carbons (Fsp3) is 0.571. The maximum absolute atomic E-state index is 13.5. The van der Waals surface area contributed by atoms with Gasteiger partial charge in [-0.25, -0.2) is 8.78 Å². The summed E-state index contributed by atoms with van der Waals surface area (Å²) >= 11 is 0. The normalized spacial score (nSPS) is 23.9. The fourth-order valence-corrected chi connectivity index (χ4v) is 2.56. The Morgan fingerprint density at radius 3 is 2.78 bits per heavy atom. The van der Waals surface area contributed by atoms with Crippen LogP contribution in [0.4, 0.5) is 8.78 Å². The highest BCUT2D eigenvalue weighted by Gasteiger charge is 2.26. The maximum atomic E-state index is 13.5. The van der Waals surface area contributed by atoms with Crippen LogP contribution in [0.5, 0.6) is 5.75 Å². The Morgan fingerprint density at radius 2 is 2.06 bits per heavy atom. The van der Waals surface area contributed by atoms with Gasteiger partial charge in [0.2, 0.25) is 0 Å². The van der Waals surface area contributed by atoms with Gasteiger partial charge < -0.3 is 10.1 Å². The van der Waals surface area contributed by atoms with Crippen LogP contribution in [0.25, 0.3) is 0 Å². The van der Waals surface area contributed by atoms with Crippen molar-refractivity contribution >= 4 is 0 Å². The molecule has 0 bridgehead atoms. The molecule has 1 N–H and O–H groups in total. The average Bonchev–Trinajstić information content (AvgIpc) is 2.35. The molecule has 2 atom stereocenters. The lowest BCUT2D eigenvalue weighted by molar-refractivity contribution is 0.0888. The van der Waals surface area contributed by atoms with Gasteiger partial charge in [0.15, 0.2) is 11.6 Å². The molecular formula is C14H19F2NO. The predicted molar refractivity (Wildman–Crippen MR) is 66.7 cm³/mol. The van der Waals surface area contributed by atoms with Crippen LogP contribution in [0.3, 0.4) is 0 Å². The Bertz CT molecular complexity index is 395. The highest BCUT2D eigenvalue weighted by Crippen LogP contribution is 2.29. The lowest BCUT2D eigenvalue weighted by Gasteiger charge is -2.31. The molecule has 2 unspecified atom stereocenters. The van der Waals surface area contributed by atoms with Crippen molar-refractivity contribution in [1.29, 1.82) is 0 Å². The van der Waals surface area contributed by atoms with E-state index < -0.39 is 11.6 Å². The molecule has 0 heterocycles. The summed E-state index contributed by atoms with van der Waals surface area (Å²) in [5, 5.41) is 3.14. The number of benzene rings is 1. The Hall–Kier alpha value is -1.16. The highest BCUT2D eigenvalue weighted by molar-refractivity contribution is 5.25. The van der Waals surface area contributed by atoms with Crippen LogP contribution in [-0.4, -0.2) is 19.7 Å². The minimum Gasteiger partial charge on any atom is -0.487 e. The molecule has 0 aromatic heterocycles. The van der Waals surface area contributed by atoms with Gasteiger partial charge in [0.1, 0.15) is 11.9 Å². The third-order valence-corrected chi connectivity index (χ3v) is 3.48. The molecule has 1 aliphatic carbocycles. The average molecular weight is 255 g/mol. The quantitative estimate of drug-likeness (QED) is 0.892. The van der Waals surface area contributed by atoms with Crippen LogP contribution in [0.15, 0.2) is 18.2 Å². The summed E-state index contributed by atoms with van der Waals surface area (Å²) in [6, 6.07) is 3.47. The molecule has 100 valence electrons. The standard InChI is InChI=1S/C14H19F2NO/c1-17-9-10-4-2-3-5-13(10)18-14-7-6-11(15)8-12(14)16/h6-8,10,13,17H,2-5,9H2,1H3. The van der Waals surface area contributed by atoms with E-state index >= 15 is 0 Å². The first-order valence-corrected chi connectivity index (χ1v) is 6.47. The van der Waals surface area contributed by atoms with E-state index in [1.807, 2.05) is 7.05 Å². The second-order valence-corrected chi connectivity index (χ2v) is 4.83. The van der Waals surface area contributed by atoms with Crippen LogP contribution in [0.2, 0.25) is 0 Å². The summed E-state index contributed by atoms with van der Waals surface area (Å²) < 4.78 is 32.1. The molecule has 1 saturated carbocycles. The van der Waals surface area contributed by atoms with Gasteiger partial charge in [0.25, 0.3) is 0 Å². The zero-order valence-electron chi connectivity index (χ0n) is 10.6. The van der Waals surface area contributed by atoms with E-state index in [0.717, 1.165) is 31.9 Å². The molecule has 0 aliphatic heterocycles. The molecule has 0 amide bonds. The SMILES string of the molecule is CNCC1CCCCC1Oc1ccc(F)cc1F. The van der Waals surface area contributed by atoms with Crippen molar-refractivity contribution in [2.45, 2.75) is 31.8 Å². The van der Waals surface area contributed by atoms with Crippen molar-refractivity contribution < 1.29 is 13.5 Å². The van der Waals surface area contributed by atoms with Crippen molar-refractivity contribution in [1.82, 2.24) is 5.32 Å². The smallest absolute Gasteiger partial charge is 0.167 e.